The minimum absolute atomic E-state index is 0.0482. The van der Waals surface area contributed by atoms with Gasteiger partial charge in [-0.2, -0.15) is 13.2 Å². The van der Waals surface area contributed by atoms with Gasteiger partial charge in [0.2, 0.25) is 5.91 Å². The molecule has 168 valence electrons. The molecule has 31 heavy (non-hydrogen) atoms. The summed E-state index contributed by atoms with van der Waals surface area (Å²) in [5, 5.41) is 12.7. The number of hydrogen-bond donors (Lipinski definition) is 3. The molecule has 0 spiro atoms. The van der Waals surface area contributed by atoms with E-state index in [1.165, 1.54) is 29.0 Å². The van der Waals surface area contributed by atoms with Crippen molar-refractivity contribution in [3.63, 3.8) is 0 Å². The molecule has 2 aromatic rings. The number of halogens is 3. The summed E-state index contributed by atoms with van der Waals surface area (Å²) in [7, 11) is 0. The third-order valence-corrected chi connectivity index (χ3v) is 5.11. The molecule has 2 heterocycles. The molecular weight excluding hydrogens is 419 g/mol. The lowest BCUT2D eigenvalue weighted by Crippen LogP contribution is -2.38. The first-order valence-electron chi connectivity index (χ1n) is 9.69. The van der Waals surface area contributed by atoms with Crippen LogP contribution in [-0.4, -0.2) is 39.3 Å². The second-order valence-corrected chi connectivity index (χ2v) is 7.24. The normalized spacial score (nSPS) is 21.3. The maximum atomic E-state index is 13.1. The van der Waals surface area contributed by atoms with E-state index in [4.69, 9.17) is 4.74 Å². The molecule has 0 aliphatic carbocycles. The van der Waals surface area contributed by atoms with Crippen molar-refractivity contribution >= 4 is 5.91 Å². The monoisotopic (exact) mass is 441 g/mol. The number of amides is 1. The van der Waals surface area contributed by atoms with E-state index in [0.717, 1.165) is 6.07 Å². The van der Waals surface area contributed by atoms with Gasteiger partial charge in [0.15, 0.2) is 0 Å². The van der Waals surface area contributed by atoms with Gasteiger partial charge in [0.1, 0.15) is 12.3 Å². The first-order chi connectivity index (χ1) is 14.6. The number of carbonyl (C=O) groups is 1. The molecule has 1 amide bonds. The van der Waals surface area contributed by atoms with Gasteiger partial charge in [0.25, 0.3) is 5.56 Å². The Morgan fingerprint density at radius 2 is 2.00 bits per heavy atom. The molecule has 3 atom stereocenters. The Hall–Kier alpha value is -2.92. The maximum absolute atomic E-state index is 13.1. The maximum Gasteiger partial charge on any atom is 0.416 e. The Morgan fingerprint density at radius 1 is 1.29 bits per heavy atom. The summed E-state index contributed by atoms with van der Waals surface area (Å²) < 4.78 is 46.0. The van der Waals surface area contributed by atoms with Crippen LogP contribution in [0.25, 0.3) is 0 Å². The number of carbonyl (C=O) groups excluding carboxylic acids is 1. The first kappa shape index (κ1) is 22.8. The zero-order valence-electron chi connectivity index (χ0n) is 16.6. The van der Waals surface area contributed by atoms with Gasteiger partial charge in [-0.15, -0.1) is 0 Å². The number of aromatic nitrogens is 2. The van der Waals surface area contributed by atoms with E-state index in [2.05, 4.69) is 10.3 Å². The number of rotatable bonds is 6. The zero-order chi connectivity index (χ0) is 22.8. The summed E-state index contributed by atoms with van der Waals surface area (Å²) in [5.74, 6) is -0.662. The fourth-order valence-corrected chi connectivity index (χ4v) is 3.46. The van der Waals surface area contributed by atoms with Crippen LogP contribution in [0.15, 0.2) is 40.1 Å². The van der Waals surface area contributed by atoms with Crippen molar-refractivity contribution in [1.82, 2.24) is 14.9 Å². The first-order valence-corrected chi connectivity index (χ1v) is 9.69. The number of ether oxygens (including phenoxy) is 1. The number of aromatic amines is 1. The van der Waals surface area contributed by atoms with Crippen molar-refractivity contribution in [2.45, 2.75) is 50.8 Å². The summed E-state index contributed by atoms with van der Waals surface area (Å²) in [4.78, 5) is 38.1. The van der Waals surface area contributed by atoms with Crippen molar-refractivity contribution in [1.29, 1.82) is 0 Å². The Labute approximate surface area is 174 Å². The van der Waals surface area contributed by atoms with Gasteiger partial charge in [0.05, 0.1) is 18.1 Å². The quantitative estimate of drug-likeness (QED) is 0.622. The van der Waals surface area contributed by atoms with Gasteiger partial charge in [-0.3, -0.25) is 19.1 Å². The Kier molecular flexibility index (Phi) is 6.65. The summed E-state index contributed by atoms with van der Waals surface area (Å²) in [6.45, 7) is 1.60. The van der Waals surface area contributed by atoms with Crippen LogP contribution in [0.3, 0.4) is 0 Å². The Bertz CT molecular complexity index is 1060. The van der Waals surface area contributed by atoms with Gasteiger partial charge in [-0.1, -0.05) is 25.1 Å². The number of aliphatic hydroxyl groups is 1. The molecular formula is C20H22F3N3O5. The van der Waals surface area contributed by atoms with Crippen LogP contribution in [0.5, 0.6) is 0 Å². The van der Waals surface area contributed by atoms with Crippen molar-refractivity contribution in [3.05, 3.63) is 68.0 Å². The number of aryl methyl sites for hydroxylation is 1. The smallest absolute Gasteiger partial charge is 0.390 e. The summed E-state index contributed by atoms with van der Waals surface area (Å²) >= 11 is 0. The van der Waals surface area contributed by atoms with Gasteiger partial charge < -0.3 is 15.2 Å². The molecule has 0 unspecified atom stereocenters. The van der Waals surface area contributed by atoms with Gasteiger partial charge in [-0.25, -0.2) is 4.79 Å². The number of alkyl halides is 3. The van der Waals surface area contributed by atoms with E-state index >= 15 is 0 Å². The second-order valence-electron chi connectivity index (χ2n) is 7.24. The zero-order valence-corrected chi connectivity index (χ0v) is 16.6. The van der Waals surface area contributed by atoms with E-state index in [1.54, 1.807) is 6.92 Å². The highest BCUT2D eigenvalue weighted by molar-refractivity contribution is 5.79. The Balaban J connectivity index is 1.63. The number of nitrogens with one attached hydrogen (secondary N) is 2. The van der Waals surface area contributed by atoms with Crippen molar-refractivity contribution in [2.75, 3.05) is 6.54 Å². The molecule has 1 aromatic carbocycles. The molecule has 3 rings (SSSR count). The lowest BCUT2D eigenvalue weighted by Gasteiger charge is -2.17. The standard InChI is InChI=1S/C20H22F3N3O5/c1-2-11-10-26(19(30)25-18(11)29)17-8-14(27)15(31-17)9-24-16(28)7-12-5-3-4-6-13(12)20(21,22)23/h3-6,10,14-15,17,27H,2,7-9H2,1H3,(H,24,28)(H,25,29,30)/t14-,15+,17+/m0/s1. The summed E-state index contributed by atoms with van der Waals surface area (Å²) in [6, 6.07) is 4.80. The third-order valence-electron chi connectivity index (χ3n) is 5.11. The highest BCUT2D eigenvalue weighted by Gasteiger charge is 2.36. The van der Waals surface area contributed by atoms with Crippen LogP contribution in [0.4, 0.5) is 13.2 Å². The van der Waals surface area contributed by atoms with Crippen molar-refractivity contribution < 1.29 is 27.8 Å². The number of hydrogen-bond acceptors (Lipinski definition) is 5. The van der Waals surface area contributed by atoms with Gasteiger partial charge in [0, 0.05) is 24.7 Å². The average Bonchev–Trinajstić information content (AvgIpc) is 3.06. The molecule has 1 fully saturated rings. The average molecular weight is 441 g/mol. The fraction of sp³-hybridized carbons (Fsp3) is 0.450. The van der Waals surface area contributed by atoms with Crippen LogP contribution < -0.4 is 16.6 Å². The lowest BCUT2D eigenvalue weighted by molar-refractivity contribution is -0.138. The molecule has 1 aliphatic heterocycles. The van der Waals surface area contributed by atoms with E-state index in [0.29, 0.717) is 12.0 Å². The van der Waals surface area contributed by atoms with E-state index in [9.17, 15) is 32.7 Å². The van der Waals surface area contributed by atoms with Crippen LogP contribution in [0.2, 0.25) is 0 Å². The van der Waals surface area contributed by atoms with Crippen molar-refractivity contribution in [3.8, 4) is 0 Å². The molecule has 1 saturated heterocycles. The Morgan fingerprint density at radius 3 is 2.68 bits per heavy atom. The predicted octanol–water partition coefficient (Wildman–Crippen LogP) is 1.13. The van der Waals surface area contributed by atoms with Crippen LogP contribution in [0.1, 0.15) is 36.3 Å². The number of benzene rings is 1. The molecule has 11 heteroatoms. The SMILES string of the molecule is CCc1cn([C@H]2C[C@H](O)[C@@H](CNC(=O)Cc3ccccc3C(F)(F)F)O2)c(=O)[nH]c1=O. The van der Waals surface area contributed by atoms with Crippen LogP contribution >= 0.6 is 0 Å². The molecule has 0 saturated carbocycles. The summed E-state index contributed by atoms with van der Waals surface area (Å²) in [6.07, 6.45) is -5.98. The topological polar surface area (TPSA) is 113 Å². The van der Waals surface area contributed by atoms with Crippen LogP contribution in [0, 0.1) is 0 Å². The molecule has 3 N–H and O–H groups in total. The van der Waals surface area contributed by atoms with Gasteiger partial charge in [-0.05, 0) is 18.1 Å². The molecule has 8 nitrogen and oxygen atoms in total. The molecule has 1 aliphatic rings. The molecule has 1 aromatic heterocycles. The second kappa shape index (κ2) is 9.06. The predicted molar refractivity (Wildman–Crippen MR) is 103 cm³/mol. The highest BCUT2D eigenvalue weighted by atomic mass is 19.4. The minimum Gasteiger partial charge on any atom is -0.390 e. The molecule has 0 bridgehead atoms. The largest absolute Gasteiger partial charge is 0.416 e. The third kappa shape index (κ3) is 5.23. The number of nitrogens with zero attached hydrogens (tertiary/aromatic N) is 1. The fourth-order valence-electron chi connectivity index (χ4n) is 3.46. The van der Waals surface area contributed by atoms with Crippen LogP contribution in [-0.2, 0) is 28.5 Å². The van der Waals surface area contributed by atoms with E-state index < -0.39 is 53.8 Å². The molecule has 0 radical (unpaired) electrons. The van der Waals surface area contributed by atoms with E-state index in [1.807, 2.05) is 0 Å². The number of aliphatic hydroxyl groups excluding tert-OH is 1. The van der Waals surface area contributed by atoms with Crippen molar-refractivity contribution in [2.24, 2.45) is 0 Å². The lowest BCUT2D eigenvalue weighted by atomic mass is 10.0. The minimum atomic E-state index is -4.57. The van der Waals surface area contributed by atoms with Gasteiger partial charge >= 0.3 is 11.9 Å². The number of H-pyrrole nitrogens is 1. The van der Waals surface area contributed by atoms with E-state index in [-0.39, 0.29) is 18.5 Å². The highest BCUT2D eigenvalue weighted by Crippen LogP contribution is 2.32. The summed E-state index contributed by atoms with van der Waals surface area (Å²) in [5.41, 5.74) is -1.85.